The van der Waals surface area contributed by atoms with Crippen LogP contribution in [0.3, 0.4) is 0 Å². The highest BCUT2D eigenvalue weighted by molar-refractivity contribution is 7.52. The molecule has 5 atom stereocenters. The van der Waals surface area contributed by atoms with Crippen molar-refractivity contribution in [2.24, 2.45) is 0 Å². The molecule has 0 spiro atoms. The van der Waals surface area contributed by atoms with E-state index in [0.717, 1.165) is 11.1 Å². The van der Waals surface area contributed by atoms with Gasteiger partial charge in [-0.05, 0) is 41.3 Å². The summed E-state index contributed by atoms with van der Waals surface area (Å²) in [6, 6.07) is 25.7. The van der Waals surface area contributed by atoms with E-state index in [2.05, 4.69) is 20.0 Å². The Hall–Kier alpha value is -4.36. The van der Waals surface area contributed by atoms with Crippen LogP contribution in [0.5, 0.6) is 5.75 Å². The Labute approximate surface area is 275 Å². The number of aliphatic hydroxyl groups excluding tert-OH is 1. The van der Waals surface area contributed by atoms with Crippen molar-refractivity contribution in [3.63, 3.8) is 0 Å². The van der Waals surface area contributed by atoms with Crippen LogP contribution in [0.4, 0.5) is 5.82 Å². The minimum atomic E-state index is -4.38. The maximum atomic E-state index is 14.7. The molecule has 2 aromatic heterocycles. The lowest BCUT2D eigenvalue weighted by molar-refractivity contribution is -0.147. The molecule has 0 saturated carbocycles. The Morgan fingerprint density at radius 1 is 1.04 bits per heavy atom. The molecule has 1 aliphatic heterocycles. The van der Waals surface area contributed by atoms with Gasteiger partial charge in [-0.2, -0.15) is 15.1 Å². The number of carbonyl (C=O) groups excluding carboxylic acids is 1. The second kappa shape index (κ2) is 14.6. The Morgan fingerprint density at radius 2 is 1.70 bits per heavy atom. The number of rotatable bonds is 13. The highest BCUT2D eigenvalue weighted by Gasteiger charge is 2.44. The van der Waals surface area contributed by atoms with E-state index in [9.17, 15) is 14.5 Å². The number of nitrogens with zero attached hydrogens (tertiary/aromatic N) is 4. The number of nitrogen functional groups attached to an aromatic ring is 1. The molecule has 15 heteroatoms. The number of hydrogen-bond acceptors (Lipinski definition) is 11. The zero-order valence-corrected chi connectivity index (χ0v) is 26.6. The summed E-state index contributed by atoms with van der Waals surface area (Å²) in [6.07, 6.45) is -0.963. The van der Waals surface area contributed by atoms with Crippen LogP contribution >= 0.6 is 19.3 Å². The second-order valence-electron chi connectivity index (χ2n) is 10.8. The number of benzene rings is 3. The number of anilines is 1. The lowest BCUT2D eigenvalue weighted by Gasteiger charge is -2.28. The van der Waals surface area contributed by atoms with E-state index in [1.807, 2.05) is 60.7 Å². The van der Waals surface area contributed by atoms with Crippen molar-refractivity contribution < 1.29 is 33.0 Å². The van der Waals surface area contributed by atoms with Gasteiger partial charge in [0.1, 0.15) is 42.4 Å². The Balaban J connectivity index is 1.28. The molecule has 1 aliphatic rings. The van der Waals surface area contributed by atoms with E-state index in [0.29, 0.717) is 11.2 Å². The van der Waals surface area contributed by atoms with Crippen molar-refractivity contribution in [2.75, 3.05) is 12.3 Å². The number of aliphatic hydroxyl groups is 1. The molecule has 1 unspecified atom stereocenters. The molecule has 0 radical (unpaired) electrons. The van der Waals surface area contributed by atoms with Gasteiger partial charge in [0.15, 0.2) is 11.5 Å². The number of ether oxygens (including phenoxy) is 2. The molecule has 0 bridgehead atoms. The van der Waals surface area contributed by atoms with Crippen molar-refractivity contribution in [2.45, 2.75) is 43.9 Å². The molecule has 0 aliphatic carbocycles. The minimum absolute atomic E-state index is 0.0129. The number of nitrogens with one attached hydrogen (secondary N) is 1. The Morgan fingerprint density at radius 3 is 2.38 bits per heavy atom. The van der Waals surface area contributed by atoms with Crippen molar-refractivity contribution in [1.82, 2.24) is 24.6 Å². The maximum absolute atomic E-state index is 14.7. The van der Waals surface area contributed by atoms with E-state index in [1.54, 1.807) is 34.9 Å². The van der Waals surface area contributed by atoms with Gasteiger partial charge in [0, 0.05) is 6.42 Å². The van der Waals surface area contributed by atoms with Crippen molar-refractivity contribution in [3.05, 3.63) is 114 Å². The maximum Gasteiger partial charge on any atom is 0.459 e. The number of aromatic nitrogens is 4. The van der Waals surface area contributed by atoms with Gasteiger partial charge in [-0.15, -0.1) is 0 Å². The lowest BCUT2D eigenvalue weighted by atomic mass is 10.1. The van der Waals surface area contributed by atoms with Crippen LogP contribution in [0.15, 0.2) is 97.3 Å². The molecule has 13 nitrogen and oxygen atoms in total. The molecule has 0 amide bonds. The third kappa shape index (κ3) is 7.96. The first-order chi connectivity index (χ1) is 22.8. The zero-order chi connectivity index (χ0) is 32.8. The average Bonchev–Trinajstić information content (AvgIpc) is 3.68. The number of imidazole rings is 1. The predicted octanol–water partition coefficient (Wildman–Crippen LogP) is 4.86. The highest BCUT2D eigenvalue weighted by atomic mass is 35.5. The summed E-state index contributed by atoms with van der Waals surface area (Å²) in [4.78, 5) is 26.0. The number of fused-ring (bicyclic) bond motifs is 1. The van der Waals surface area contributed by atoms with Gasteiger partial charge in [-0.25, -0.2) is 9.55 Å². The summed E-state index contributed by atoms with van der Waals surface area (Å²) >= 11 is 6.05. The fraction of sp³-hybridized carbons (Fsp3) is 0.250. The summed E-state index contributed by atoms with van der Waals surface area (Å²) in [7, 11) is -4.38. The van der Waals surface area contributed by atoms with E-state index in [4.69, 9.17) is 35.9 Å². The van der Waals surface area contributed by atoms with Gasteiger partial charge in [0.2, 0.25) is 5.28 Å². The van der Waals surface area contributed by atoms with Crippen LogP contribution in [0.2, 0.25) is 5.28 Å². The Bertz CT molecular complexity index is 1850. The number of nitrogens with two attached hydrogens (primary N) is 1. The van der Waals surface area contributed by atoms with Crippen LogP contribution in [0.25, 0.3) is 11.2 Å². The smallest absolute Gasteiger partial charge is 0.459 e. The van der Waals surface area contributed by atoms with Crippen molar-refractivity contribution in [3.8, 4) is 5.75 Å². The molecular weight excluding hydrogens is 647 g/mol. The normalized spacial score (nSPS) is 19.7. The summed E-state index contributed by atoms with van der Waals surface area (Å²) in [5.41, 5.74) is 8.19. The van der Waals surface area contributed by atoms with E-state index >= 15 is 0 Å². The molecule has 1 saturated heterocycles. The standard InChI is InChI=1S/C32H32ClN6O7P/c33-32-36-29(34)28-30(37-32)39(20-35-28)27-17-25(26(18-40)44-27)46-47(42,45-23-14-8-3-9-15-23)38-24(16-21-10-4-1-5-11-21)31(41)43-19-22-12-6-2-7-13-22/h1-15,20,24-27,40H,16-19H2,(H,38,42)(H2,34,36,37)/t24-,25+,26+,27+,47?/m0/s1. The fourth-order valence-corrected chi connectivity index (χ4v) is 7.08. The van der Waals surface area contributed by atoms with E-state index in [-0.39, 0.29) is 36.3 Å². The average molecular weight is 679 g/mol. The molecule has 3 heterocycles. The SMILES string of the molecule is Nc1nc(Cl)nc2c1ncn2[C@H]1C[C@@H](OP(=O)(N[C@@H](Cc2ccccc2)C(=O)OCc2ccccc2)Oc2ccccc2)[C@@H](CO)O1. The number of hydrogen-bond donors (Lipinski definition) is 3. The van der Waals surface area contributed by atoms with Gasteiger partial charge in [0.05, 0.1) is 12.9 Å². The van der Waals surface area contributed by atoms with E-state index < -0.39 is 44.8 Å². The zero-order valence-electron chi connectivity index (χ0n) is 25.0. The Kier molecular flexibility index (Phi) is 10.1. The molecule has 1 fully saturated rings. The molecular formula is C32H32ClN6O7P. The molecule has 3 aromatic carbocycles. The fourth-order valence-electron chi connectivity index (χ4n) is 5.20. The summed E-state index contributed by atoms with van der Waals surface area (Å²) < 4.78 is 40.2. The first kappa shape index (κ1) is 32.6. The van der Waals surface area contributed by atoms with Crippen LogP contribution in [-0.2, 0) is 36.4 Å². The molecule has 4 N–H and O–H groups in total. The largest absolute Gasteiger partial charge is 0.460 e. The first-order valence-corrected chi connectivity index (χ1v) is 16.7. The summed E-state index contributed by atoms with van der Waals surface area (Å²) in [6.45, 7) is -0.456. The highest BCUT2D eigenvalue weighted by Crippen LogP contribution is 2.49. The first-order valence-electron chi connectivity index (χ1n) is 14.8. The number of carbonyl (C=O) groups is 1. The topological polar surface area (TPSA) is 173 Å². The van der Waals surface area contributed by atoms with Crippen molar-refractivity contribution >= 4 is 42.3 Å². The molecule has 244 valence electrons. The van der Waals surface area contributed by atoms with Crippen LogP contribution < -0.4 is 15.3 Å². The monoisotopic (exact) mass is 678 g/mol. The van der Waals surface area contributed by atoms with Gasteiger partial charge in [-0.1, -0.05) is 78.9 Å². The van der Waals surface area contributed by atoms with Crippen LogP contribution in [0.1, 0.15) is 23.8 Å². The van der Waals surface area contributed by atoms with Gasteiger partial charge in [0.25, 0.3) is 0 Å². The molecule has 5 aromatic rings. The third-order valence-electron chi connectivity index (χ3n) is 7.44. The number of esters is 1. The third-order valence-corrected chi connectivity index (χ3v) is 9.24. The van der Waals surface area contributed by atoms with Gasteiger partial charge < -0.3 is 24.8 Å². The van der Waals surface area contributed by atoms with Gasteiger partial charge in [-0.3, -0.25) is 13.9 Å². The molecule has 6 rings (SSSR count). The number of halogens is 1. The van der Waals surface area contributed by atoms with Crippen molar-refractivity contribution in [1.29, 1.82) is 0 Å². The molecule has 47 heavy (non-hydrogen) atoms. The lowest BCUT2D eigenvalue weighted by Crippen LogP contribution is -2.41. The minimum Gasteiger partial charge on any atom is -0.460 e. The second-order valence-corrected chi connectivity index (χ2v) is 12.7. The van der Waals surface area contributed by atoms with E-state index in [1.165, 1.54) is 6.33 Å². The van der Waals surface area contributed by atoms with Crippen LogP contribution in [-0.4, -0.2) is 55.5 Å². The predicted molar refractivity (Wildman–Crippen MR) is 173 cm³/mol. The summed E-state index contributed by atoms with van der Waals surface area (Å²) in [5, 5.41) is 13.0. The quantitative estimate of drug-likeness (QED) is 0.0878. The summed E-state index contributed by atoms with van der Waals surface area (Å²) in [5.74, 6) is -0.328. The number of para-hydroxylation sites is 1. The van der Waals surface area contributed by atoms with Crippen LogP contribution in [0, 0.1) is 0 Å². The van der Waals surface area contributed by atoms with Gasteiger partial charge >= 0.3 is 13.7 Å².